The van der Waals surface area contributed by atoms with Crippen LogP contribution in [-0.2, 0) is 29.8 Å². The first-order valence-corrected chi connectivity index (χ1v) is 8.00. The first-order valence-electron chi connectivity index (χ1n) is 8.00. The van der Waals surface area contributed by atoms with Crippen molar-refractivity contribution in [1.29, 1.82) is 0 Å². The predicted octanol–water partition coefficient (Wildman–Crippen LogP) is 0.0109. The summed E-state index contributed by atoms with van der Waals surface area (Å²) in [5.41, 5.74) is 7.70. The summed E-state index contributed by atoms with van der Waals surface area (Å²) in [5.74, 6) is -0.511. The zero-order valence-electron chi connectivity index (χ0n) is 15.8. The Balaban J connectivity index is 0.00000169. The van der Waals surface area contributed by atoms with Gasteiger partial charge in [-0.25, -0.2) is 0 Å². The van der Waals surface area contributed by atoms with E-state index >= 15 is 0 Å². The van der Waals surface area contributed by atoms with Crippen molar-refractivity contribution in [1.82, 2.24) is 0 Å². The van der Waals surface area contributed by atoms with Crippen LogP contribution in [-0.4, -0.2) is 12.8 Å². The molecular weight excluding hydrogens is 392 g/mol. The van der Waals surface area contributed by atoms with Crippen molar-refractivity contribution in [2.75, 3.05) is 7.11 Å². The number of benzene rings is 1. The molecule has 1 aliphatic rings. The second-order valence-electron chi connectivity index (χ2n) is 6.23. The molecule has 0 atom stereocenters. The van der Waals surface area contributed by atoms with E-state index in [1.54, 1.807) is 6.07 Å². The number of aryl methyl sites for hydroxylation is 2. The Morgan fingerprint density at radius 2 is 1.73 bits per heavy atom. The first-order chi connectivity index (χ1) is 11.4. The number of nitrogens with zero attached hydrogens (tertiary/aromatic N) is 1. The molecular formula is C20H20KNO3V. The van der Waals surface area contributed by atoms with Crippen LogP contribution >= 0.6 is 0 Å². The van der Waals surface area contributed by atoms with Crippen LogP contribution in [0.5, 0.6) is 5.75 Å². The van der Waals surface area contributed by atoms with Crippen molar-refractivity contribution in [3.63, 3.8) is 0 Å². The first kappa shape index (κ1) is 23.6. The van der Waals surface area contributed by atoms with Gasteiger partial charge in [0.15, 0.2) is 5.43 Å². The van der Waals surface area contributed by atoms with Crippen molar-refractivity contribution < 1.29 is 79.9 Å². The summed E-state index contributed by atoms with van der Waals surface area (Å²) in [6, 6.07) is 6.70. The fraction of sp³-hybridized carbons (Fsp3) is 0.300. The third-order valence-corrected chi connectivity index (χ3v) is 4.86. The van der Waals surface area contributed by atoms with Crippen molar-refractivity contribution in [2.45, 2.75) is 33.6 Å². The summed E-state index contributed by atoms with van der Waals surface area (Å²) >= 11 is 0. The van der Waals surface area contributed by atoms with Gasteiger partial charge in [-0.2, -0.15) is 0 Å². The standard InChI is InChI=1S/C20H21NO3.K.V/c1-11-9-14-5-7-17(21-24-4)16-10-19(23)18(22)8-6-15(16)20(14)13(3)12(11)2;;/h6,8-10H,5,7H2,1-4H3,(H,22,23);;/q;+1;/p-1. The van der Waals surface area contributed by atoms with Crippen LogP contribution < -0.4 is 61.9 Å². The quantitative estimate of drug-likeness (QED) is 0.490. The van der Waals surface area contributed by atoms with Gasteiger partial charge in [-0.1, -0.05) is 29.1 Å². The Labute approximate surface area is 208 Å². The largest absolute Gasteiger partial charge is 1.00 e. The van der Waals surface area contributed by atoms with E-state index in [9.17, 15) is 9.90 Å². The van der Waals surface area contributed by atoms with E-state index in [1.165, 1.54) is 41.5 Å². The molecule has 0 saturated heterocycles. The summed E-state index contributed by atoms with van der Waals surface area (Å²) < 4.78 is 0. The van der Waals surface area contributed by atoms with Gasteiger partial charge >= 0.3 is 51.4 Å². The number of oxime groups is 1. The fourth-order valence-electron chi connectivity index (χ4n) is 3.40. The van der Waals surface area contributed by atoms with E-state index in [2.05, 4.69) is 32.0 Å². The Morgan fingerprint density at radius 1 is 1.04 bits per heavy atom. The molecule has 2 aromatic carbocycles. The van der Waals surface area contributed by atoms with Crippen LogP contribution in [0.25, 0.3) is 11.1 Å². The van der Waals surface area contributed by atoms with Gasteiger partial charge in [-0.3, -0.25) is 4.79 Å². The van der Waals surface area contributed by atoms with Crippen molar-refractivity contribution >= 4 is 5.71 Å². The number of hydrogen-bond acceptors (Lipinski definition) is 4. The van der Waals surface area contributed by atoms with Crippen LogP contribution in [0.15, 0.2) is 34.2 Å². The summed E-state index contributed by atoms with van der Waals surface area (Å²) in [5, 5.41) is 16.0. The molecule has 6 heteroatoms. The summed E-state index contributed by atoms with van der Waals surface area (Å²) in [6.45, 7) is 6.29. The SMILES string of the molecule is CON=C1CCc2cc(C)c(C)c(C)c2-c2ccc([O-])c(=O)cc21.[K+].[V]. The number of hydrogen-bond donors (Lipinski definition) is 0. The molecule has 0 bridgehead atoms. The van der Waals surface area contributed by atoms with Gasteiger partial charge < -0.3 is 9.94 Å². The van der Waals surface area contributed by atoms with Gasteiger partial charge in [-0.15, -0.1) is 0 Å². The van der Waals surface area contributed by atoms with E-state index in [4.69, 9.17) is 4.84 Å². The molecule has 129 valence electrons. The molecule has 4 nitrogen and oxygen atoms in total. The molecule has 0 unspecified atom stereocenters. The van der Waals surface area contributed by atoms with E-state index in [1.807, 2.05) is 0 Å². The van der Waals surface area contributed by atoms with E-state index in [0.717, 1.165) is 17.5 Å². The molecule has 1 radical (unpaired) electrons. The van der Waals surface area contributed by atoms with Gasteiger partial charge in [0, 0.05) is 24.1 Å². The van der Waals surface area contributed by atoms with E-state index in [-0.39, 0.29) is 69.9 Å². The maximum absolute atomic E-state index is 12.1. The van der Waals surface area contributed by atoms with Crippen LogP contribution in [0.2, 0.25) is 0 Å². The smallest absolute Gasteiger partial charge is 0.870 e. The number of rotatable bonds is 1. The van der Waals surface area contributed by atoms with Gasteiger partial charge in [0.2, 0.25) is 0 Å². The maximum atomic E-state index is 12.1. The minimum absolute atomic E-state index is 0. The van der Waals surface area contributed by atoms with Crippen molar-refractivity contribution in [2.24, 2.45) is 5.16 Å². The average molecular weight is 412 g/mol. The van der Waals surface area contributed by atoms with Crippen molar-refractivity contribution in [3.8, 4) is 16.9 Å². The number of fused-ring (bicyclic) bond motifs is 3. The molecule has 0 amide bonds. The van der Waals surface area contributed by atoms with Crippen LogP contribution in [0.3, 0.4) is 0 Å². The van der Waals surface area contributed by atoms with E-state index < -0.39 is 11.2 Å². The van der Waals surface area contributed by atoms with Crippen LogP contribution in [0.1, 0.15) is 34.2 Å². The molecule has 26 heavy (non-hydrogen) atoms. The van der Waals surface area contributed by atoms with Crippen molar-refractivity contribution in [3.05, 3.63) is 62.3 Å². The Bertz CT molecular complexity index is 926. The molecule has 1 aliphatic carbocycles. The third-order valence-electron chi connectivity index (χ3n) is 4.86. The van der Waals surface area contributed by atoms with Crippen LogP contribution in [0.4, 0.5) is 0 Å². The molecule has 0 heterocycles. The molecule has 0 aliphatic heterocycles. The minimum atomic E-state index is -0.523. The fourth-order valence-corrected chi connectivity index (χ4v) is 3.40. The van der Waals surface area contributed by atoms with Gasteiger partial charge in [0.05, 0.1) is 5.71 Å². The second kappa shape index (κ2) is 9.69. The van der Waals surface area contributed by atoms with Gasteiger partial charge in [-0.05, 0) is 73.1 Å². The Kier molecular flexibility index (Phi) is 8.81. The summed E-state index contributed by atoms with van der Waals surface area (Å²) in [4.78, 5) is 17.0. The third kappa shape index (κ3) is 4.36. The monoisotopic (exact) mass is 412 g/mol. The second-order valence-corrected chi connectivity index (χ2v) is 6.23. The minimum Gasteiger partial charge on any atom is -0.870 e. The summed E-state index contributed by atoms with van der Waals surface area (Å²) in [7, 11) is 1.49. The molecule has 0 N–H and O–H groups in total. The molecule has 0 saturated carbocycles. The predicted molar refractivity (Wildman–Crippen MR) is 93.7 cm³/mol. The Hall–Kier alpha value is -0.399. The molecule has 2 aromatic rings. The normalized spacial score (nSPS) is 13.6. The van der Waals surface area contributed by atoms with Gasteiger partial charge in [0.25, 0.3) is 0 Å². The zero-order valence-corrected chi connectivity index (χ0v) is 20.4. The average Bonchev–Trinajstić information content (AvgIpc) is 2.78. The zero-order chi connectivity index (χ0) is 17.4. The summed E-state index contributed by atoms with van der Waals surface area (Å²) in [6.07, 6.45) is 1.48. The van der Waals surface area contributed by atoms with E-state index in [0.29, 0.717) is 17.7 Å². The Morgan fingerprint density at radius 3 is 2.38 bits per heavy atom. The molecule has 3 rings (SSSR count). The topological polar surface area (TPSA) is 61.7 Å². The molecule has 0 aromatic heterocycles. The van der Waals surface area contributed by atoms with Gasteiger partial charge in [0.1, 0.15) is 7.11 Å². The molecule has 0 fully saturated rings. The molecule has 0 spiro atoms. The maximum Gasteiger partial charge on any atom is 1.00 e. The van der Waals surface area contributed by atoms with Crippen LogP contribution in [0, 0.1) is 20.8 Å².